The fraction of sp³-hybridized carbons (Fsp3) is 0.625. The van der Waals surface area contributed by atoms with Crippen molar-refractivity contribution in [3.05, 3.63) is 33.9 Å². The van der Waals surface area contributed by atoms with E-state index in [2.05, 4.69) is 31.0 Å². The molecule has 1 rings (SSSR count). The standard InChI is InChI=1S/C16H27N3O2/c1-5-13(4)11-18(7-3)12-14-10-15(19(20)21)8-9-16(14)17-6-2/h8-10,13,17H,5-7,11-12H2,1-4H3. The van der Waals surface area contributed by atoms with Gasteiger partial charge in [-0.25, -0.2) is 0 Å². The van der Waals surface area contributed by atoms with Crippen molar-refractivity contribution in [3.63, 3.8) is 0 Å². The first-order valence-electron chi connectivity index (χ1n) is 7.75. The summed E-state index contributed by atoms with van der Waals surface area (Å²) in [5.74, 6) is 0.631. The van der Waals surface area contributed by atoms with E-state index >= 15 is 0 Å². The quantitative estimate of drug-likeness (QED) is 0.554. The van der Waals surface area contributed by atoms with Gasteiger partial charge in [0.1, 0.15) is 0 Å². The normalized spacial score (nSPS) is 12.4. The number of nitro groups is 1. The molecule has 0 amide bonds. The van der Waals surface area contributed by atoms with Crippen molar-refractivity contribution >= 4 is 11.4 Å². The Labute approximate surface area is 127 Å². The Hall–Kier alpha value is -1.62. The van der Waals surface area contributed by atoms with Crippen LogP contribution in [0.4, 0.5) is 11.4 Å². The number of benzene rings is 1. The van der Waals surface area contributed by atoms with Gasteiger partial charge in [0.05, 0.1) is 4.92 Å². The Morgan fingerprint density at radius 1 is 1.33 bits per heavy atom. The number of non-ortho nitro benzene ring substituents is 1. The summed E-state index contributed by atoms with van der Waals surface area (Å²) in [6.45, 7) is 12.1. The SMILES string of the molecule is CCNc1ccc([N+](=O)[O-])cc1CN(CC)CC(C)CC. The molecular formula is C16H27N3O2. The molecule has 1 unspecified atom stereocenters. The molecule has 0 heterocycles. The van der Waals surface area contributed by atoms with Crippen molar-refractivity contribution < 1.29 is 4.92 Å². The van der Waals surface area contributed by atoms with Gasteiger partial charge in [-0.2, -0.15) is 0 Å². The molecule has 0 aliphatic carbocycles. The van der Waals surface area contributed by atoms with Crippen molar-refractivity contribution in [1.82, 2.24) is 4.90 Å². The van der Waals surface area contributed by atoms with E-state index < -0.39 is 0 Å². The Balaban J connectivity index is 2.95. The number of anilines is 1. The van der Waals surface area contributed by atoms with Gasteiger partial charge in [-0.1, -0.05) is 27.2 Å². The van der Waals surface area contributed by atoms with Gasteiger partial charge in [0.25, 0.3) is 5.69 Å². The Morgan fingerprint density at radius 2 is 2.05 bits per heavy atom. The Kier molecular flexibility index (Phi) is 7.15. The number of hydrogen-bond acceptors (Lipinski definition) is 4. The number of rotatable bonds is 9. The first kappa shape index (κ1) is 17.4. The Bertz CT molecular complexity index is 463. The van der Waals surface area contributed by atoms with Crippen molar-refractivity contribution in [3.8, 4) is 0 Å². The van der Waals surface area contributed by atoms with Crippen LogP contribution in [0.1, 0.15) is 39.7 Å². The number of nitro benzene ring substituents is 1. The molecule has 0 fully saturated rings. The van der Waals surface area contributed by atoms with Crippen LogP contribution in [0.2, 0.25) is 0 Å². The first-order chi connectivity index (χ1) is 10.0. The molecule has 118 valence electrons. The van der Waals surface area contributed by atoms with Crippen LogP contribution in [0.5, 0.6) is 0 Å². The van der Waals surface area contributed by atoms with Crippen LogP contribution in [0, 0.1) is 16.0 Å². The molecule has 0 aliphatic heterocycles. The molecule has 5 nitrogen and oxygen atoms in total. The molecule has 0 aliphatic rings. The number of nitrogens with zero attached hydrogens (tertiary/aromatic N) is 2. The lowest BCUT2D eigenvalue weighted by Gasteiger charge is -2.25. The summed E-state index contributed by atoms with van der Waals surface area (Å²) in [5, 5.41) is 14.3. The average Bonchev–Trinajstić information content (AvgIpc) is 2.47. The molecule has 0 radical (unpaired) electrons. The van der Waals surface area contributed by atoms with Gasteiger partial charge in [0, 0.05) is 37.5 Å². The van der Waals surface area contributed by atoms with Crippen molar-refractivity contribution in [2.45, 2.75) is 40.7 Å². The van der Waals surface area contributed by atoms with Crippen molar-refractivity contribution in [2.24, 2.45) is 5.92 Å². The highest BCUT2D eigenvalue weighted by molar-refractivity contribution is 5.56. The molecule has 5 heteroatoms. The van der Waals surface area contributed by atoms with E-state index in [1.54, 1.807) is 12.1 Å². The summed E-state index contributed by atoms with van der Waals surface area (Å²) in [7, 11) is 0. The predicted molar refractivity (Wildman–Crippen MR) is 87.7 cm³/mol. The van der Waals surface area contributed by atoms with E-state index in [9.17, 15) is 10.1 Å². The van der Waals surface area contributed by atoms with Gasteiger partial charge in [-0.05, 0) is 31.0 Å². The molecule has 1 aromatic carbocycles. The second kappa shape index (κ2) is 8.62. The molecule has 0 aromatic heterocycles. The second-order valence-corrected chi connectivity index (χ2v) is 5.47. The highest BCUT2D eigenvalue weighted by Crippen LogP contribution is 2.24. The van der Waals surface area contributed by atoms with Gasteiger partial charge < -0.3 is 5.32 Å². The van der Waals surface area contributed by atoms with Crippen LogP contribution in [-0.2, 0) is 6.54 Å². The summed E-state index contributed by atoms with van der Waals surface area (Å²) in [6, 6.07) is 5.07. The average molecular weight is 293 g/mol. The molecule has 0 saturated carbocycles. The van der Waals surface area contributed by atoms with E-state index in [1.807, 2.05) is 13.0 Å². The smallest absolute Gasteiger partial charge is 0.269 e. The third kappa shape index (κ3) is 5.34. The second-order valence-electron chi connectivity index (χ2n) is 5.47. The molecule has 1 aromatic rings. The highest BCUT2D eigenvalue weighted by Gasteiger charge is 2.14. The van der Waals surface area contributed by atoms with Crippen molar-refractivity contribution in [2.75, 3.05) is 25.0 Å². The summed E-state index contributed by atoms with van der Waals surface area (Å²) < 4.78 is 0. The molecule has 21 heavy (non-hydrogen) atoms. The largest absolute Gasteiger partial charge is 0.385 e. The molecule has 0 spiro atoms. The van der Waals surface area contributed by atoms with Crippen LogP contribution >= 0.6 is 0 Å². The number of hydrogen-bond donors (Lipinski definition) is 1. The van der Waals surface area contributed by atoms with Crippen molar-refractivity contribution in [1.29, 1.82) is 0 Å². The highest BCUT2D eigenvalue weighted by atomic mass is 16.6. The van der Waals surface area contributed by atoms with Gasteiger partial charge in [0.15, 0.2) is 0 Å². The van der Waals surface area contributed by atoms with E-state index in [0.717, 1.165) is 43.9 Å². The third-order valence-corrected chi connectivity index (χ3v) is 3.77. The summed E-state index contributed by atoms with van der Waals surface area (Å²) in [5.41, 5.74) is 2.15. The zero-order valence-corrected chi connectivity index (χ0v) is 13.6. The zero-order chi connectivity index (χ0) is 15.8. The van der Waals surface area contributed by atoms with Crippen LogP contribution in [-0.4, -0.2) is 29.5 Å². The minimum Gasteiger partial charge on any atom is -0.385 e. The molecule has 0 saturated heterocycles. The van der Waals surface area contributed by atoms with Crippen LogP contribution in [0.15, 0.2) is 18.2 Å². The summed E-state index contributed by atoms with van der Waals surface area (Å²) >= 11 is 0. The maximum absolute atomic E-state index is 11.0. The first-order valence-corrected chi connectivity index (χ1v) is 7.75. The predicted octanol–water partition coefficient (Wildman–Crippen LogP) is 3.89. The lowest BCUT2D eigenvalue weighted by molar-refractivity contribution is -0.384. The van der Waals surface area contributed by atoms with Gasteiger partial charge in [0.2, 0.25) is 0 Å². The summed E-state index contributed by atoms with van der Waals surface area (Å²) in [6.07, 6.45) is 1.14. The fourth-order valence-electron chi connectivity index (χ4n) is 2.30. The van der Waals surface area contributed by atoms with E-state index in [1.165, 1.54) is 0 Å². The maximum Gasteiger partial charge on any atom is 0.269 e. The zero-order valence-electron chi connectivity index (χ0n) is 13.6. The van der Waals surface area contributed by atoms with Crippen LogP contribution < -0.4 is 5.32 Å². The van der Waals surface area contributed by atoms with Gasteiger partial charge >= 0.3 is 0 Å². The number of nitrogens with one attached hydrogen (secondary N) is 1. The molecular weight excluding hydrogens is 266 g/mol. The van der Waals surface area contributed by atoms with Crippen LogP contribution in [0.25, 0.3) is 0 Å². The van der Waals surface area contributed by atoms with Gasteiger partial charge in [-0.15, -0.1) is 0 Å². The fourth-order valence-corrected chi connectivity index (χ4v) is 2.30. The maximum atomic E-state index is 11.0. The van der Waals surface area contributed by atoms with Gasteiger partial charge in [-0.3, -0.25) is 15.0 Å². The third-order valence-electron chi connectivity index (χ3n) is 3.77. The molecule has 1 N–H and O–H groups in total. The minimum absolute atomic E-state index is 0.159. The van der Waals surface area contributed by atoms with E-state index in [4.69, 9.17) is 0 Å². The van der Waals surface area contributed by atoms with Crippen LogP contribution in [0.3, 0.4) is 0 Å². The lowest BCUT2D eigenvalue weighted by atomic mass is 10.1. The van der Waals surface area contributed by atoms with E-state index in [-0.39, 0.29) is 10.6 Å². The summed E-state index contributed by atoms with van der Waals surface area (Å²) in [4.78, 5) is 13.0. The topological polar surface area (TPSA) is 58.4 Å². The Morgan fingerprint density at radius 3 is 2.57 bits per heavy atom. The molecule has 0 bridgehead atoms. The monoisotopic (exact) mass is 293 g/mol. The lowest BCUT2D eigenvalue weighted by Crippen LogP contribution is -2.28. The van der Waals surface area contributed by atoms with E-state index in [0.29, 0.717) is 5.92 Å². The minimum atomic E-state index is -0.329. The molecule has 1 atom stereocenters.